The summed E-state index contributed by atoms with van der Waals surface area (Å²) in [4.78, 5) is 0. The summed E-state index contributed by atoms with van der Waals surface area (Å²) in [6.07, 6.45) is 1.92. The zero-order valence-corrected chi connectivity index (χ0v) is 13.9. The van der Waals surface area contributed by atoms with E-state index in [4.69, 9.17) is 14.2 Å². The van der Waals surface area contributed by atoms with Crippen molar-refractivity contribution in [1.82, 2.24) is 0 Å². The minimum atomic E-state index is 0.123. The minimum Gasteiger partial charge on any atom is -0.504 e. The van der Waals surface area contributed by atoms with Crippen LogP contribution in [0.15, 0.2) is 42.6 Å². The summed E-state index contributed by atoms with van der Waals surface area (Å²) in [6.45, 7) is 0.195. The molecule has 2 heterocycles. The van der Waals surface area contributed by atoms with E-state index in [-0.39, 0.29) is 12.5 Å². The molecule has 3 aromatic carbocycles. The van der Waals surface area contributed by atoms with Crippen LogP contribution < -0.4 is 18.8 Å². The fourth-order valence-corrected chi connectivity index (χ4v) is 3.77. The number of ether oxygens (including phenoxy) is 3. The number of hydrogen-bond donors (Lipinski definition) is 1. The van der Waals surface area contributed by atoms with Crippen LogP contribution in [0.25, 0.3) is 32.4 Å². The zero-order chi connectivity index (χ0) is 17.1. The van der Waals surface area contributed by atoms with Gasteiger partial charge in [-0.1, -0.05) is 18.2 Å². The van der Waals surface area contributed by atoms with E-state index in [1.807, 2.05) is 42.1 Å². The van der Waals surface area contributed by atoms with E-state index in [0.29, 0.717) is 11.1 Å². The maximum atomic E-state index is 10.6. The average molecular weight is 334 g/mol. The van der Waals surface area contributed by atoms with Gasteiger partial charge < -0.3 is 19.3 Å². The molecule has 124 valence electrons. The number of pyridine rings is 1. The maximum absolute atomic E-state index is 10.6. The highest BCUT2D eigenvalue weighted by Gasteiger charge is 2.28. The molecule has 0 amide bonds. The van der Waals surface area contributed by atoms with Gasteiger partial charge in [0.1, 0.15) is 12.4 Å². The fraction of sp³-hybridized carbons (Fsp3) is 0.150. The van der Waals surface area contributed by atoms with Crippen LogP contribution in [-0.2, 0) is 7.05 Å². The Morgan fingerprint density at radius 3 is 2.52 bits per heavy atom. The van der Waals surface area contributed by atoms with Crippen molar-refractivity contribution in [2.75, 3.05) is 13.9 Å². The minimum absolute atomic E-state index is 0.123. The molecule has 0 unspecified atom stereocenters. The lowest BCUT2D eigenvalue weighted by molar-refractivity contribution is -0.642. The molecule has 25 heavy (non-hydrogen) atoms. The molecular weight excluding hydrogens is 318 g/mol. The van der Waals surface area contributed by atoms with Crippen molar-refractivity contribution in [3.63, 3.8) is 0 Å². The van der Waals surface area contributed by atoms with E-state index < -0.39 is 0 Å². The Bertz CT molecular complexity index is 1180. The second kappa shape index (κ2) is 4.89. The molecule has 1 aromatic heterocycles. The van der Waals surface area contributed by atoms with E-state index in [1.165, 1.54) is 0 Å². The van der Waals surface area contributed by atoms with Crippen molar-refractivity contribution < 1.29 is 23.9 Å². The van der Waals surface area contributed by atoms with Crippen LogP contribution in [0.1, 0.15) is 0 Å². The molecule has 5 heteroatoms. The molecule has 1 aliphatic heterocycles. The van der Waals surface area contributed by atoms with Gasteiger partial charge in [-0.2, -0.15) is 4.57 Å². The molecule has 5 rings (SSSR count). The molecule has 5 nitrogen and oxygen atoms in total. The molecule has 0 fully saturated rings. The SMILES string of the molecule is COc1ccc2c(c[n+](C)c3c4ccccc4c4c(c23)OCO4)c1O. The number of methoxy groups -OCH3 is 1. The van der Waals surface area contributed by atoms with Crippen molar-refractivity contribution in [3.05, 3.63) is 42.6 Å². The predicted octanol–water partition coefficient (Wildman–Crippen LogP) is 3.41. The number of phenols is 1. The smallest absolute Gasteiger partial charge is 0.231 e. The van der Waals surface area contributed by atoms with Crippen molar-refractivity contribution in [1.29, 1.82) is 0 Å². The lowest BCUT2D eigenvalue weighted by Gasteiger charge is -2.11. The molecule has 0 bridgehead atoms. The van der Waals surface area contributed by atoms with Gasteiger partial charge in [0.25, 0.3) is 0 Å². The van der Waals surface area contributed by atoms with E-state index in [2.05, 4.69) is 6.07 Å². The van der Waals surface area contributed by atoms with Crippen molar-refractivity contribution in [2.45, 2.75) is 0 Å². The maximum Gasteiger partial charge on any atom is 0.231 e. The van der Waals surface area contributed by atoms with E-state index in [1.54, 1.807) is 13.2 Å². The number of benzene rings is 3. The lowest BCUT2D eigenvalue weighted by Crippen LogP contribution is -2.28. The van der Waals surface area contributed by atoms with E-state index in [9.17, 15) is 5.11 Å². The molecule has 0 spiro atoms. The van der Waals surface area contributed by atoms with Gasteiger partial charge in [0.05, 0.1) is 17.9 Å². The number of aromatic nitrogens is 1. The summed E-state index contributed by atoms with van der Waals surface area (Å²) in [6, 6.07) is 11.8. The van der Waals surface area contributed by atoms with Gasteiger partial charge >= 0.3 is 0 Å². The molecular formula is C20H16NO4+. The van der Waals surface area contributed by atoms with E-state index in [0.717, 1.165) is 38.6 Å². The van der Waals surface area contributed by atoms with Gasteiger partial charge in [-0.25, -0.2) is 0 Å². The van der Waals surface area contributed by atoms with Crippen LogP contribution in [0.5, 0.6) is 23.0 Å². The Hall–Kier alpha value is -3.21. The van der Waals surface area contributed by atoms with Gasteiger partial charge in [-0.3, -0.25) is 0 Å². The van der Waals surface area contributed by atoms with Crippen molar-refractivity contribution in [2.24, 2.45) is 7.05 Å². The molecule has 4 aromatic rings. The van der Waals surface area contributed by atoms with Crippen LogP contribution in [0, 0.1) is 0 Å². The summed E-state index contributed by atoms with van der Waals surface area (Å²) < 4.78 is 18.9. The van der Waals surface area contributed by atoms with Crippen LogP contribution in [0.2, 0.25) is 0 Å². The third kappa shape index (κ3) is 1.75. The van der Waals surface area contributed by atoms with Crippen molar-refractivity contribution >= 4 is 32.4 Å². The molecule has 0 radical (unpaired) electrons. The second-order valence-electron chi connectivity index (χ2n) is 6.15. The quantitative estimate of drug-likeness (QED) is 0.428. The molecule has 0 atom stereocenters. The number of rotatable bonds is 1. The van der Waals surface area contributed by atoms with Crippen LogP contribution in [0.3, 0.4) is 0 Å². The van der Waals surface area contributed by atoms with E-state index >= 15 is 0 Å². The molecule has 1 N–H and O–H groups in total. The average Bonchev–Trinajstić information content (AvgIpc) is 3.12. The summed E-state index contributed by atoms with van der Waals surface area (Å²) >= 11 is 0. The third-order valence-electron chi connectivity index (χ3n) is 4.85. The number of phenolic OH excluding ortho intramolecular Hbond substituents is 1. The van der Waals surface area contributed by atoms with Gasteiger partial charge in [0, 0.05) is 10.8 Å². The highest BCUT2D eigenvalue weighted by molar-refractivity contribution is 6.20. The Balaban J connectivity index is 2.10. The molecule has 1 aliphatic rings. The zero-order valence-electron chi connectivity index (χ0n) is 13.9. The Morgan fingerprint density at radius 1 is 0.960 bits per heavy atom. The first-order chi connectivity index (χ1) is 12.2. The summed E-state index contributed by atoms with van der Waals surface area (Å²) in [7, 11) is 3.51. The topological polar surface area (TPSA) is 51.8 Å². The fourth-order valence-electron chi connectivity index (χ4n) is 3.77. The molecule has 0 aliphatic carbocycles. The molecule has 0 saturated carbocycles. The normalized spacial score (nSPS) is 13.0. The summed E-state index contributed by atoms with van der Waals surface area (Å²) in [5.74, 6) is 2.05. The van der Waals surface area contributed by atoms with Gasteiger partial charge in [0.15, 0.2) is 29.2 Å². The largest absolute Gasteiger partial charge is 0.504 e. The Labute approximate surface area is 143 Å². The lowest BCUT2D eigenvalue weighted by atomic mass is 9.98. The highest BCUT2D eigenvalue weighted by Crippen LogP contribution is 2.48. The first kappa shape index (κ1) is 14.2. The first-order valence-corrected chi connectivity index (χ1v) is 8.03. The summed E-state index contributed by atoms with van der Waals surface area (Å²) in [5, 5.41) is 15.2. The monoisotopic (exact) mass is 334 g/mol. The van der Waals surface area contributed by atoms with Gasteiger partial charge in [-0.15, -0.1) is 0 Å². The van der Waals surface area contributed by atoms with Crippen LogP contribution in [-0.4, -0.2) is 19.0 Å². The first-order valence-electron chi connectivity index (χ1n) is 8.03. The van der Waals surface area contributed by atoms with Crippen LogP contribution >= 0.6 is 0 Å². The number of hydrogen-bond acceptors (Lipinski definition) is 4. The number of aryl methyl sites for hydroxylation is 1. The highest BCUT2D eigenvalue weighted by atomic mass is 16.7. The molecule has 0 saturated heterocycles. The number of aromatic hydroxyl groups is 1. The van der Waals surface area contributed by atoms with Gasteiger partial charge in [-0.05, 0) is 18.2 Å². The standard InChI is InChI=1S/C20H15NO4/c1-21-9-14-11(7-8-15(23-2)18(14)22)16-17(21)12-5-3-4-6-13(12)19-20(16)25-10-24-19/h3-9H,10H2,1-2H3/p+1. The van der Waals surface area contributed by atoms with Crippen molar-refractivity contribution in [3.8, 4) is 23.0 Å². The third-order valence-corrected chi connectivity index (χ3v) is 4.85. The Kier molecular flexibility index (Phi) is 2.77. The van der Waals surface area contributed by atoms with Crippen LogP contribution in [0.4, 0.5) is 0 Å². The number of nitrogens with zero attached hydrogens (tertiary/aromatic N) is 1. The number of fused-ring (bicyclic) bond motifs is 8. The van der Waals surface area contributed by atoms with Gasteiger partial charge in [0.2, 0.25) is 12.3 Å². The Morgan fingerprint density at radius 2 is 1.72 bits per heavy atom. The summed E-state index contributed by atoms with van der Waals surface area (Å²) in [5.41, 5.74) is 1.04. The second-order valence-corrected chi connectivity index (χ2v) is 6.15. The predicted molar refractivity (Wildman–Crippen MR) is 94.5 cm³/mol.